The van der Waals surface area contributed by atoms with E-state index in [9.17, 15) is 4.79 Å². The van der Waals surface area contributed by atoms with Gasteiger partial charge in [-0.15, -0.1) is 0 Å². The summed E-state index contributed by atoms with van der Waals surface area (Å²) in [5.74, 6) is -0.542. The fraction of sp³-hybridized carbons (Fsp3) is 0.857. The van der Waals surface area contributed by atoms with Gasteiger partial charge in [-0.2, -0.15) is 0 Å². The fourth-order valence-electron chi connectivity index (χ4n) is 2.43. The molecule has 0 unspecified atom stereocenters. The molecule has 1 heterocycles. The number of carbonyl (C=O) groups excluding carboxylic acids is 1. The predicted molar refractivity (Wildman–Crippen MR) is 74.4 cm³/mol. The van der Waals surface area contributed by atoms with E-state index in [1.54, 1.807) is 0 Å². The van der Waals surface area contributed by atoms with E-state index in [1.165, 1.54) is 0 Å². The van der Waals surface area contributed by atoms with E-state index in [0.717, 1.165) is 31.4 Å². The van der Waals surface area contributed by atoms with Crippen molar-refractivity contribution in [3.05, 3.63) is 0 Å². The molecule has 0 atom stereocenters. The van der Waals surface area contributed by atoms with E-state index in [-0.39, 0.29) is 23.8 Å². The van der Waals surface area contributed by atoms with Crippen LogP contribution in [0, 0.1) is 0 Å². The second kappa shape index (κ2) is 6.10. The van der Waals surface area contributed by atoms with Crippen LogP contribution >= 0.6 is 0 Å². The van der Waals surface area contributed by atoms with Crippen LogP contribution in [0.4, 0.5) is 0 Å². The SMILES string of the molecule is CC(C)(C)NC(=O)CON=C1CCC2(CC1)OCCO2. The summed E-state index contributed by atoms with van der Waals surface area (Å²) in [5, 5.41) is 6.88. The summed E-state index contributed by atoms with van der Waals surface area (Å²) in [6.45, 7) is 7.10. The molecular weight excluding hydrogens is 260 g/mol. The zero-order chi connectivity index (χ0) is 14.6. The largest absolute Gasteiger partial charge is 0.386 e. The third-order valence-electron chi connectivity index (χ3n) is 3.31. The van der Waals surface area contributed by atoms with Crippen LogP contribution in [0.3, 0.4) is 0 Å². The van der Waals surface area contributed by atoms with Crippen LogP contribution in [0.25, 0.3) is 0 Å². The Hall–Kier alpha value is -1.14. The zero-order valence-corrected chi connectivity index (χ0v) is 12.5. The average Bonchev–Trinajstić information content (AvgIpc) is 2.78. The third kappa shape index (κ3) is 4.45. The topological polar surface area (TPSA) is 69.2 Å². The fourth-order valence-corrected chi connectivity index (χ4v) is 2.43. The monoisotopic (exact) mass is 284 g/mol. The van der Waals surface area contributed by atoms with Crippen molar-refractivity contribution in [1.82, 2.24) is 5.32 Å². The smallest absolute Gasteiger partial charge is 0.261 e. The van der Waals surface area contributed by atoms with Crippen molar-refractivity contribution in [2.75, 3.05) is 19.8 Å². The third-order valence-corrected chi connectivity index (χ3v) is 3.31. The van der Waals surface area contributed by atoms with E-state index in [4.69, 9.17) is 14.3 Å². The van der Waals surface area contributed by atoms with Crippen molar-refractivity contribution < 1.29 is 19.1 Å². The Morgan fingerprint density at radius 2 is 1.90 bits per heavy atom. The normalized spacial score (nSPS) is 21.9. The van der Waals surface area contributed by atoms with Crippen molar-refractivity contribution in [2.45, 2.75) is 57.8 Å². The molecule has 2 fully saturated rings. The molecule has 6 nitrogen and oxygen atoms in total. The van der Waals surface area contributed by atoms with Crippen LogP contribution in [0.5, 0.6) is 0 Å². The molecule has 0 radical (unpaired) electrons. The highest BCUT2D eigenvalue weighted by Crippen LogP contribution is 2.34. The standard InChI is InChI=1S/C14H24N2O4/c1-13(2,3)15-12(17)10-20-16-11-4-6-14(7-5-11)18-8-9-19-14/h4-10H2,1-3H3,(H,15,17). The maximum atomic E-state index is 11.6. The van der Waals surface area contributed by atoms with E-state index in [1.807, 2.05) is 20.8 Å². The molecule has 20 heavy (non-hydrogen) atoms. The van der Waals surface area contributed by atoms with Crippen LogP contribution in [-0.4, -0.2) is 42.8 Å². The van der Waals surface area contributed by atoms with Crippen LogP contribution in [-0.2, 0) is 19.1 Å². The number of ether oxygens (including phenoxy) is 2. The van der Waals surface area contributed by atoms with Crippen molar-refractivity contribution >= 4 is 11.6 Å². The first-order chi connectivity index (χ1) is 9.39. The van der Waals surface area contributed by atoms with E-state index >= 15 is 0 Å². The molecule has 114 valence electrons. The maximum absolute atomic E-state index is 11.6. The van der Waals surface area contributed by atoms with Gasteiger partial charge in [0.2, 0.25) is 0 Å². The minimum Gasteiger partial charge on any atom is -0.386 e. The van der Waals surface area contributed by atoms with Crippen molar-refractivity contribution in [3.8, 4) is 0 Å². The number of nitrogens with one attached hydrogen (secondary N) is 1. The summed E-state index contributed by atoms with van der Waals surface area (Å²) >= 11 is 0. The Morgan fingerprint density at radius 3 is 2.45 bits per heavy atom. The molecule has 1 amide bonds. The lowest BCUT2D eigenvalue weighted by molar-refractivity contribution is -0.168. The number of hydrogen-bond acceptors (Lipinski definition) is 5. The van der Waals surface area contributed by atoms with Gasteiger partial charge in [-0.25, -0.2) is 0 Å². The highest BCUT2D eigenvalue weighted by Gasteiger charge is 2.39. The molecule has 1 aliphatic heterocycles. The van der Waals surface area contributed by atoms with E-state index < -0.39 is 0 Å². The van der Waals surface area contributed by atoms with Crippen LogP contribution in [0.15, 0.2) is 5.16 Å². The second-order valence-corrected chi connectivity index (χ2v) is 6.34. The number of oxime groups is 1. The van der Waals surface area contributed by atoms with Crippen molar-refractivity contribution in [2.24, 2.45) is 5.16 Å². The Balaban J connectivity index is 1.70. The summed E-state index contributed by atoms with van der Waals surface area (Å²) in [6.07, 6.45) is 3.20. The van der Waals surface area contributed by atoms with Gasteiger partial charge in [0.05, 0.1) is 18.9 Å². The Morgan fingerprint density at radius 1 is 1.30 bits per heavy atom. The van der Waals surface area contributed by atoms with Gasteiger partial charge in [0.15, 0.2) is 12.4 Å². The van der Waals surface area contributed by atoms with Gasteiger partial charge in [-0.1, -0.05) is 5.16 Å². The molecule has 0 aromatic rings. The molecule has 1 spiro atoms. The highest BCUT2D eigenvalue weighted by molar-refractivity contribution is 5.85. The van der Waals surface area contributed by atoms with Crippen LogP contribution < -0.4 is 5.32 Å². The molecule has 6 heteroatoms. The molecule has 1 aliphatic carbocycles. The van der Waals surface area contributed by atoms with E-state index in [2.05, 4.69) is 10.5 Å². The second-order valence-electron chi connectivity index (χ2n) is 6.34. The first-order valence-corrected chi connectivity index (χ1v) is 7.15. The summed E-state index contributed by atoms with van der Waals surface area (Å²) in [7, 11) is 0. The zero-order valence-electron chi connectivity index (χ0n) is 12.5. The molecule has 1 saturated heterocycles. The van der Waals surface area contributed by atoms with Crippen molar-refractivity contribution in [1.29, 1.82) is 0 Å². The van der Waals surface area contributed by atoms with Gasteiger partial charge in [-0.3, -0.25) is 4.79 Å². The van der Waals surface area contributed by atoms with Gasteiger partial charge in [0, 0.05) is 18.4 Å². The van der Waals surface area contributed by atoms with E-state index in [0.29, 0.717) is 13.2 Å². The van der Waals surface area contributed by atoms with Gasteiger partial charge in [-0.05, 0) is 33.6 Å². The summed E-state index contributed by atoms with van der Waals surface area (Å²) < 4.78 is 11.3. The molecule has 0 bridgehead atoms. The minimum atomic E-state index is -0.386. The number of carbonyl (C=O) groups is 1. The Labute approximate surface area is 119 Å². The predicted octanol–water partition coefficient (Wildman–Crippen LogP) is 1.59. The lowest BCUT2D eigenvalue weighted by atomic mass is 9.92. The quantitative estimate of drug-likeness (QED) is 0.799. The van der Waals surface area contributed by atoms with Crippen LogP contribution in [0.1, 0.15) is 46.5 Å². The number of hydrogen-bond donors (Lipinski definition) is 1. The number of rotatable bonds is 3. The number of nitrogens with zero attached hydrogens (tertiary/aromatic N) is 1. The van der Waals surface area contributed by atoms with Crippen LogP contribution in [0.2, 0.25) is 0 Å². The summed E-state index contributed by atoms with van der Waals surface area (Å²) in [5.41, 5.74) is 0.723. The maximum Gasteiger partial charge on any atom is 0.261 e. The molecule has 0 aromatic heterocycles. The average molecular weight is 284 g/mol. The first kappa shape index (κ1) is 15.3. The van der Waals surface area contributed by atoms with Gasteiger partial charge in [0.25, 0.3) is 5.91 Å². The highest BCUT2D eigenvalue weighted by atomic mass is 16.7. The summed E-state index contributed by atoms with van der Waals surface area (Å²) in [4.78, 5) is 16.7. The summed E-state index contributed by atoms with van der Waals surface area (Å²) in [6, 6.07) is 0. The van der Waals surface area contributed by atoms with Gasteiger partial charge >= 0.3 is 0 Å². The lowest BCUT2D eigenvalue weighted by Gasteiger charge is -2.31. The first-order valence-electron chi connectivity index (χ1n) is 7.15. The molecule has 2 aliphatic rings. The van der Waals surface area contributed by atoms with Gasteiger partial charge in [0.1, 0.15) is 0 Å². The van der Waals surface area contributed by atoms with Crippen molar-refractivity contribution in [3.63, 3.8) is 0 Å². The number of amides is 1. The molecule has 2 rings (SSSR count). The lowest BCUT2D eigenvalue weighted by Crippen LogP contribution is -2.42. The van der Waals surface area contributed by atoms with Gasteiger partial charge < -0.3 is 19.6 Å². The molecular formula is C14H24N2O4. The molecule has 1 saturated carbocycles. The molecule has 0 aromatic carbocycles. The molecule has 1 N–H and O–H groups in total. The Kier molecular flexibility index (Phi) is 4.65. The minimum absolute atomic E-state index is 0.0427. The Bertz CT molecular complexity index is 369.